The Bertz CT molecular complexity index is 1140. The zero-order chi connectivity index (χ0) is 20.2. The molecular weight excluding hydrogens is 368 g/mol. The first-order valence-corrected chi connectivity index (χ1v) is 9.08. The molecule has 29 heavy (non-hydrogen) atoms. The quantitative estimate of drug-likeness (QED) is 0.509. The third kappa shape index (κ3) is 3.98. The summed E-state index contributed by atoms with van der Waals surface area (Å²) in [6, 6.07) is 17.9. The van der Waals surface area contributed by atoms with Gasteiger partial charge >= 0.3 is 5.97 Å². The van der Waals surface area contributed by atoms with Crippen LogP contribution in [0.25, 0.3) is 22.4 Å². The molecule has 7 nitrogen and oxygen atoms in total. The summed E-state index contributed by atoms with van der Waals surface area (Å²) in [4.78, 5) is 36.7. The molecule has 2 aromatic heterocycles. The highest BCUT2D eigenvalue weighted by atomic mass is 16.5. The molecule has 0 aliphatic heterocycles. The summed E-state index contributed by atoms with van der Waals surface area (Å²) in [6.07, 6.45) is 2.16. The lowest BCUT2D eigenvalue weighted by Gasteiger charge is -2.14. The van der Waals surface area contributed by atoms with E-state index in [0.29, 0.717) is 22.6 Å². The number of hydrogen-bond acceptors (Lipinski definition) is 5. The van der Waals surface area contributed by atoms with Gasteiger partial charge in [-0.3, -0.25) is 9.78 Å². The first-order valence-electron chi connectivity index (χ1n) is 9.08. The number of ether oxygens (including phenoxy) is 1. The second-order valence-corrected chi connectivity index (χ2v) is 6.42. The molecule has 1 atom stereocenters. The van der Waals surface area contributed by atoms with Crippen LogP contribution in [0.3, 0.4) is 0 Å². The minimum Gasteiger partial charge on any atom is -0.449 e. The highest BCUT2D eigenvalue weighted by Crippen LogP contribution is 2.24. The van der Waals surface area contributed by atoms with E-state index >= 15 is 0 Å². The number of carbonyl (C=O) groups excluding carboxylic acids is 2. The van der Waals surface area contributed by atoms with Gasteiger partial charge in [0.1, 0.15) is 5.82 Å². The predicted molar refractivity (Wildman–Crippen MR) is 109 cm³/mol. The van der Waals surface area contributed by atoms with Crippen LogP contribution >= 0.6 is 0 Å². The van der Waals surface area contributed by atoms with Crippen molar-refractivity contribution in [3.8, 4) is 11.4 Å². The fourth-order valence-electron chi connectivity index (χ4n) is 2.90. The molecule has 0 bridgehead atoms. The Labute approximate surface area is 166 Å². The molecular formula is C22H18N4O3. The van der Waals surface area contributed by atoms with Gasteiger partial charge < -0.3 is 15.0 Å². The summed E-state index contributed by atoms with van der Waals surface area (Å²) >= 11 is 0. The molecule has 0 aliphatic carbocycles. The number of H-pyrrole nitrogens is 1. The number of hydrogen-bond donors (Lipinski definition) is 2. The second-order valence-electron chi connectivity index (χ2n) is 6.42. The Morgan fingerprint density at radius 2 is 1.72 bits per heavy atom. The maximum absolute atomic E-state index is 12.8. The van der Waals surface area contributed by atoms with Crippen molar-refractivity contribution >= 4 is 28.6 Å². The molecule has 0 aliphatic rings. The van der Waals surface area contributed by atoms with E-state index in [1.165, 1.54) is 6.92 Å². The summed E-state index contributed by atoms with van der Waals surface area (Å²) in [7, 11) is 0. The van der Waals surface area contributed by atoms with Crippen molar-refractivity contribution in [2.45, 2.75) is 13.0 Å². The maximum Gasteiger partial charge on any atom is 0.339 e. The zero-order valence-corrected chi connectivity index (χ0v) is 15.6. The van der Waals surface area contributed by atoms with Gasteiger partial charge in [-0.25, -0.2) is 9.78 Å². The van der Waals surface area contributed by atoms with Crippen molar-refractivity contribution in [2.75, 3.05) is 5.32 Å². The van der Waals surface area contributed by atoms with Gasteiger partial charge in [-0.15, -0.1) is 0 Å². The van der Waals surface area contributed by atoms with E-state index in [0.717, 1.165) is 11.0 Å². The van der Waals surface area contributed by atoms with Crippen LogP contribution in [0.4, 0.5) is 5.69 Å². The Morgan fingerprint density at radius 3 is 2.52 bits per heavy atom. The van der Waals surface area contributed by atoms with Gasteiger partial charge in [0.15, 0.2) is 6.10 Å². The molecule has 2 heterocycles. The van der Waals surface area contributed by atoms with Crippen molar-refractivity contribution < 1.29 is 14.3 Å². The van der Waals surface area contributed by atoms with Gasteiger partial charge in [-0.05, 0) is 37.3 Å². The fourth-order valence-corrected chi connectivity index (χ4v) is 2.90. The number of carbonyl (C=O) groups is 2. The average molecular weight is 386 g/mol. The number of fused-ring (bicyclic) bond motifs is 1. The lowest BCUT2D eigenvalue weighted by Crippen LogP contribution is -2.30. The summed E-state index contributed by atoms with van der Waals surface area (Å²) in [5, 5.41) is 2.69. The number of nitrogens with one attached hydrogen (secondary N) is 2. The largest absolute Gasteiger partial charge is 0.449 e. The summed E-state index contributed by atoms with van der Waals surface area (Å²) < 4.78 is 5.40. The minimum atomic E-state index is -0.973. The molecule has 1 unspecified atom stereocenters. The van der Waals surface area contributed by atoms with Gasteiger partial charge in [0.05, 0.1) is 16.6 Å². The number of para-hydroxylation sites is 2. The summed E-state index contributed by atoms with van der Waals surface area (Å²) in [6.45, 7) is 1.53. The zero-order valence-electron chi connectivity index (χ0n) is 15.6. The van der Waals surface area contributed by atoms with Gasteiger partial charge in [0, 0.05) is 23.6 Å². The van der Waals surface area contributed by atoms with Crippen LogP contribution in [-0.4, -0.2) is 32.9 Å². The normalized spacial score (nSPS) is 11.8. The third-order valence-electron chi connectivity index (χ3n) is 4.39. The van der Waals surface area contributed by atoms with Crippen LogP contribution in [0.15, 0.2) is 73.1 Å². The molecule has 4 rings (SSSR count). The first kappa shape index (κ1) is 18.4. The number of amides is 1. The molecule has 1 amide bonds. The summed E-state index contributed by atoms with van der Waals surface area (Å²) in [5.41, 5.74) is 3.19. The van der Waals surface area contributed by atoms with Crippen LogP contribution in [0.5, 0.6) is 0 Å². The maximum atomic E-state index is 12.8. The lowest BCUT2D eigenvalue weighted by atomic mass is 10.1. The molecule has 0 saturated heterocycles. The van der Waals surface area contributed by atoms with E-state index in [1.54, 1.807) is 42.7 Å². The lowest BCUT2D eigenvalue weighted by molar-refractivity contribution is -0.123. The van der Waals surface area contributed by atoms with Gasteiger partial charge in [-0.2, -0.15) is 0 Å². The first-order chi connectivity index (χ1) is 14.1. The molecule has 2 N–H and O–H groups in total. The molecule has 0 fully saturated rings. The highest BCUT2D eigenvalue weighted by Gasteiger charge is 2.22. The van der Waals surface area contributed by atoms with Gasteiger partial charge in [0.2, 0.25) is 0 Å². The van der Waals surface area contributed by atoms with Crippen LogP contribution < -0.4 is 5.32 Å². The van der Waals surface area contributed by atoms with Gasteiger partial charge in [0.25, 0.3) is 5.91 Å². The van der Waals surface area contributed by atoms with Crippen LogP contribution in [0, 0.1) is 0 Å². The van der Waals surface area contributed by atoms with E-state index in [9.17, 15) is 9.59 Å². The SMILES string of the molecule is CC(OC(=O)c1ccccc1-c1nc2ccccc2[nH]1)C(=O)Nc1ccncc1. The number of pyridine rings is 1. The van der Waals surface area contributed by atoms with E-state index in [2.05, 4.69) is 20.3 Å². The van der Waals surface area contributed by atoms with Crippen molar-refractivity contribution in [3.05, 3.63) is 78.6 Å². The molecule has 4 aromatic rings. The molecule has 2 aromatic carbocycles. The van der Waals surface area contributed by atoms with Crippen molar-refractivity contribution in [1.82, 2.24) is 15.0 Å². The molecule has 0 radical (unpaired) electrons. The number of rotatable bonds is 5. The van der Waals surface area contributed by atoms with Gasteiger partial charge in [-0.1, -0.05) is 30.3 Å². The Kier molecular flexibility index (Phi) is 5.03. The van der Waals surface area contributed by atoms with Crippen molar-refractivity contribution in [2.24, 2.45) is 0 Å². The number of imidazole rings is 1. The molecule has 0 spiro atoms. The Hall–Kier alpha value is -4.00. The number of nitrogens with zero attached hydrogens (tertiary/aromatic N) is 2. The number of benzene rings is 2. The molecule has 0 saturated carbocycles. The van der Waals surface area contributed by atoms with E-state index in [4.69, 9.17) is 4.74 Å². The second kappa shape index (κ2) is 7.93. The smallest absolute Gasteiger partial charge is 0.339 e. The van der Waals surface area contributed by atoms with Crippen LogP contribution in [0.2, 0.25) is 0 Å². The Morgan fingerprint density at radius 1 is 1.00 bits per heavy atom. The topological polar surface area (TPSA) is 97.0 Å². The fraction of sp³-hybridized carbons (Fsp3) is 0.0909. The Balaban J connectivity index is 1.54. The summed E-state index contributed by atoms with van der Waals surface area (Å²) in [5.74, 6) is -0.461. The number of aromatic amines is 1. The third-order valence-corrected chi connectivity index (χ3v) is 4.39. The number of aromatic nitrogens is 3. The molecule has 7 heteroatoms. The van der Waals surface area contributed by atoms with E-state index in [-0.39, 0.29) is 0 Å². The predicted octanol–water partition coefficient (Wildman–Crippen LogP) is 3.81. The molecule has 144 valence electrons. The minimum absolute atomic E-state index is 0.329. The van der Waals surface area contributed by atoms with Crippen molar-refractivity contribution in [1.29, 1.82) is 0 Å². The number of esters is 1. The monoisotopic (exact) mass is 386 g/mol. The van der Waals surface area contributed by atoms with Crippen LogP contribution in [-0.2, 0) is 9.53 Å². The average Bonchev–Trinajstić information content (AvgIpc) is 3.18. The number of anilines is 1. The van der Waals surface area contributed by atoms with E-state index < -0.39 is 18.0 Å². The van der Waals surface area contributed by atoms with Crippen molar-refractivity contribution in [3.63, 3.8) is 0 Å². The van der Waals surface area contributed by atoms with Crippen LogP contribution in [0.1, 0.15) is 17.3 Å². The highest BCUT2D eigenvalue weighted by molar-refractivity contribution is 6.00. The van der Waals surface area contributed by atoms with E-state index in [1.807, 2.05) is 30.3 Å². The standard InChI is InChI=1S/C22H18N4O3/c1-14(21(27)24-15-10-12-23-13-11-15)29-22(28)17-7-3-2-6-16(17)20-25-18-8-4-5-9-19(18)26-20/h2-14H,1H3,(H,25,26)(H,23,24,27).